The van der Waals surface area contributed by atoms with E-state index in [4.69, 9.17) is 0 Å². The van der Waals surface area contributed by atoms with Crippen LogP contribution in [0, 0.1) is 0 Å². The van der Waals surface area contributed by atoms with Crippen LogP contribution in [0.1, 0.15) is 35.1 Å². The number of esters is 1. The Labute approximate surface area is 95.6 Å². The second-order valence-corrected chi connectivity index (χ2v) is 2.93. The molecule has 0 radical (unpaired) electrons. The fourth-order valence-electron chi connectivity index (χ4n) is 1.14. The Hall–Kier alpha value is -1.84. The van der Waals surface area contributed by atoms with E-state index in [2.05, 4.69) is 10.1 Å². The zero-order valence-electron chi connectivity index (χ0n) is 8.74. The molecule has 88 valence electrons. The molecule has 0 atom stereocenters. The molecular weight excluding hydrogens is 206 g/mol. The van der Waals surface area contributed by atoms with Gasteiger partial charge in [0.25, 0.3) is 5.91 Å². The van der Waals surface area contributed by atoms with Crippen molar-refractivity contribution in [2.45, 2.75) is 14.4 Å². The third kappa shape index (κ3) is 3.38. The van der Waals surface area contributed by atoms with Crippen LogP contribution in [0.25, 0.3) is 0 Å². The van der Waals surface area contributed by atoms with Crippen molar-refractivity contribution in [2.75, 3.05) is 13.7 Å². The van der Waals surface area contributed by atoms with Gasteiger partial charge in [-0.2, -0.15) is 0 Å². The van der Waals surface area contributed by atoms with Crippen LogP contribution in [0.15, 0.2) is 24.3 Å². The van der Waals surface area contributed by atoms with Gasteiger partial charge in [0.05, 0.1) is 12.7 Å². The Morgan fingerprint density at radius 3 is 2.12 bits per heavy atom. The summed E-state index contributed by atoms with van der Waals surface area (Å²) in [5.74, 6) is -0.550. The predicted molar refractivity (Wildman–Crippen MR) is 62.5 cm³/mol. The Morgan fingerprint density at radius 2 is 1.69 bits per heavy atom. The van der Waals surface area contributed by atoms with E-state index in [0.29, 0.717) is 17.7 Å². The van der Waals surface area contributed by atoms with Gasteiger partial charge < -0.3 is 10.1 Å². The molecule has 1 rings (SSSR count). The van der Waals surface area contributed by atoms with Crippen LogP contribution < -0.4 is 5.32 Å². The molecule has 0 heterocycles. The highest BCUT2D eigenvalue weighted by Gasteiger charge is 2.07. The smallest absolute Gasteiger partial charge is 0.337 e. The van der Waals surface area contributed by atoms with Crippen molar-refractivity contribution in [3.63, 3.8) is 0 Å². The molecule has 0 unspecified atom stereocenters. The minimum atomic E-state index is -0.405. The average Bonchev–Trinajstić information content (AvgIpc) is 2.28. The molecule has 1 aromatic carbocycles. The molecule has 0 saturated carbocycles. The van der Waals surface area contributed by atoms with Gasteiger partial charge in [-0.25, -0.2) is 4.79 Å². The lowest BCUT2D eigenvalue weighted by molar-refractivity contribution is 0.0600. The molecule has 0 aliphatic heterocycles. The molecule has 0 saturated heterocycles. The first-order valence-corrected chi connectivity index (χ1v) is 4.65. The van der Waals surface area contributed by atoms with Crippen molar-refractivity contribution >= 4 is 11.9 Å². The zero-order valence-corrected chi connectivity index (χ0v) is 8.74. The van der Waals surface area contributed by atoms with Gasteiger partial charge in [-0.05, 0) is 31.2 Å². The molecule has 0 aliphatic rings. The standard InChI is InChI=1S/C11H13NO3.CH4/c1-3-12-10(13)8-4-6-9(7-5-8)11(14)15-2;/h4-7H,3H2,1-2H3,(H,12,13);1H4. The van der Waals surface area contributed by atoms with E-state index in [1.807, 2.05) is 6.92 Å². The van der Waals surface area contributed by atoms with Gasteiger partial charge in [-0.1, -0.05) is 7.43 Å². The van der Waals surface area contributed by atoms with Gasteiger partial charge in [-0.3, -0.25) is 4.79 Å². The summed E-state index contributed by atoms with van der Waals surface area (Å²) in [5.41, 5.74) is 0.968. The van der Waals surface area contributed by atoms with Crippen molar-refractivity contribution in [2.24, 2.45) is 0 Å². The summed E-state index contributed by atoms with van der Waals surface area (Å²) in [6, 6.07) is 6.32. The van der Waals surface area contributed by atoms with Crippen LogP contribution in [0.3, 0.4) is 0 Å². The number of ether oxygens (including phenoxy) is 1. The molecule has 0 aliphatic carbocycles. The Balaban J connectivity index is 0.00000225. The van der Waals surface area contributed by atoms with Crippen LogP contribution >= 0.6 is 0 Å². The third-order valence-electron chi connectivity index (χ3n) is 1.91. The van der Waals surface area contributed by atoms with Gasteiger partial charge >= 0.3 is 5.97 Å². The Kier molecular flexibility index (Phi) is 5.85. The van der Waals surface area contributed by atoms with Crippen molar-refractivity contribution in [3.8, 4) is 0 Å². The molecule has 0 bridgehead atoms. The summed E-state index contributed by atoms with van der Waals surface area (Å²) in [6.07, 6.45) is 0. The number of rotatable bonds is 3. The van der Waals surface area contributed by atoms with Gasteiger partial charge in [-0.15, -0.1) is 0 Å². The van der Waals surface area contributed by atoms with E-state index in [9.17, 15) is 9.59 Å². The molecule has 0 aromatic heterocycles. The van der Waals surface area contributed by atoms with Gasteiger partial charge in [0.1, 0.15) is 0 Å². The minimum Gasteiger partial charge on any atom is -0.465 e. The maximum Gasteiger partial charge on any atom is 0.337 e. The molecule has 1 amide bonds. The number of carbonyl (C=O) groups excluding carboxylic acids is 2. The summed E-state index contributed by atoms with van der Waals surface area (Å²) < 4.78 is 4.54. The number of benzene rings is 1. The van der Waals surface area contributed by atoms with Crippen LogP contribution in [-0.2, 0) is 4.74 Å². The highest BCUT2D eigenvalue weighted by Crippen LogP contribution is 2.05. The van der Waals surface area contributed by atoms with Crippen molar-refractivity contribution in [1.29, 1.82) is 0 Å². The number of methoxy groups -OCH3 is 1. The number of hydrogen-bond acceptors (Lipinski definition) is 3. The minimum absolute atomic E-state index is 0. The SMILES string of the molecule is C.CCNC(=O)c1ccc(C(=O)OC)cc1. The third-order valence-corrected chi connectivity index (χ3v) is 1.91. The van der Waals surface area contributed by atoms with Crippen LogP contribution in [-0.4, -0.2) is 25.5 Å². The van der Waals surface area contributed by atoms with Gasteiger partial charge in [0, 0.05) is 12.1 Å². The lowest BCUT2D eigenvalue weighted by Crippen LogP contribution is -2.22. The van der Waals surface area contributed by atoms with E-state index in [1.165, 1.54) is 7.11 Å². The second kappa shape index (κ2) is 6.61. The van der Waals surface area contributed by atoms with Crippen molar-refractivity contribution < 1.29 is 14.3 Å². The summed E-state index contributed by atoms with van der Waals surface area (Å²) in [5, 5.41) is 2.67. The molecule has 4 nitrogen and oxygen atoms in total. The van der Waals surface area contributed by atoms with E-state index >= 15 is 0 Å². The summed E-state index contributed by atoms with van der Waals surface area (Å²) in [6.45, 7) is 2.43. The average molecular weight is 223 g/mol. The number of nitrogens with one attached hydrogen (secondary N) is 1. The largest absolute Gasteiger partial charge is 0.465 e. The van der Waals surface area contributed by atoms with E-state index in [-0.39, 0.29) is 13.3 Å². The first-order valence-electron chi connectivity index (χ1n) is 4.65. The zero-order chi connectivity index (χ0) is 11.3. The number of amides is 1. The van der Waals surface area contributed by atoms with E-state index in [0.717, 1.165) is 0 Å². The highest BCUT2D eigenvalue weighted by atomic mass is 16.5. The van der Waals surface area contributed by atoms with E-state index < -0.39 is 5.97 Å². The first kappa shape index (κ1) is 14.2. The van der Waals surface area contributed by atoms with Crippen LogP contribution in [0.2, 0.25) is 0 Å². The summed E-state index contributed by atoms with van der Waals surface area (Å²) >= 11 is 0. The molecule has 1 N–H and O–H groups in total. The molecule has 16 heavy (non-hydrogen) atoms. The number of hydrogen-bond donors (Lipinski definition) is 1. The number of carbonyl (C=O) groups is 2. The van der Waals surface area contributed by atoms with Gasteiger partial charge in [0.15, 0.2) is 0 Å². The van der Waals surface area contributed by atoms with Crippen LogP contribution in [0.4, 0.5) is 0 Å². The second-order valence-electron chi connectivity index (χ2n) is 2.93. The molecule has 1 aromatic rings. The summed E-state index contributed by atoms with van der Waals surface area (Å²) in [4.78, 5) is 22.5. The first-order chi connectivity index (χ1) is 7.19. The van der Waals surface area contributed by atoms with Gasteiger partial charge in [0.2, 0.25) is 0 Å². The lowest BCUT2D eigenvalue weighted by atomic mass is 10.1. The van der Waals surface area contributed by atoms with Crippen molar-refractivity contribution in [1.82, 2.24) is 5.32 Å². The monoisotopic (exact) mass is 223 g/mol. The quantitative estimate of drug-likeness (QED) is 0.796. The fourth-order valence-corrected chi connectivity index (χ4v) is 1.14. The van der Waals surface area contributed by atoms with Crippen LogP contribution in [0.5, 0.6) is 0 Å². The maximum absolute atomic E-state index is 11.4. The maximum atomic E-state index is 11.4. The Bertz CT molecular complexity index is 357. The molecule has 0 spiro atoms. The predicted octanol–water partition coefficient (Wildman–Crippen LogP) is 1.86. The van der Waals surface area contributed by atoms with E-state index in [1.54, 1.807) is 24.3 Å². The normalized spacial score (nSPS) is 8.88. The lowest BCUT2D eigenvalue weighted by Gasteiger charge is -2.03. The van der Waals surface area contributed by atoms with Crippen molar-refractivity contribution in [3.05, 3.63) is 35.4 Å². The molecule has 4 heteroatoms. The fraction of sp³-hybridized carbons (Fsp3) is 0.333. The molecule has 0 fully saturated rings. The molecular formula is C12H17NO3. The summed E-state index contributed by atoms with van der Waals surface area (Å²) in [7, 11) is 1.32. The highest BCUT2D eigenvalue weighted by molar-refractivity contribution is 5.96. The Morgan fingerprint density at radius 1 is 1.19 bits per heavy atom. The topological polar surface area (TPSA) is 55.4 Å².